The molecule has 1 N–H and O–H groups in total. The first-order valence-electron chi connectivity index (χ1n) is 15.5. The van der Waals surface area contributed by atoms with Crippen LogP contribution in [-0.2, 0) is 44.5 Å². The average molecular weight is 671 g/mol. The van der Waals surface area contributed by atoms with Crippen molar-refractivity contribution in [3.05, 3.63) is 125 Å². The van der Waals surface area contributed by atoms with Gasteiger partial charge in [0.2, 0.25) is 0 Å². The summed E-state index contributed by atoms with van der Waals surface area (Å²) in [6.45, 7) is 3.59. The van der Waals surface area contributed by atoms with E-state index >= 15 is 0 Å². The molecule has 11 nitrogen and oxygen atoms in total. The van der Waals surface area contributed by atoms with Crippen LogP contribution < -0.4 is 0 Å². The molecule has 2 amide bonds. The Morgan fingerprint density at radius 3 is 2.15 bits per heavy atom. The molecule has 48 heavy (non-hydrogen) atoms. The van der Waals surface area contributed by atoms with Crippen molar-refractivity contribution in [2.75, 3.05) is 6.54 Å². The van der Waals surface area contributed by atoms with Gasteiger partial charge in [-0.3, -0.25) is 9.59 Å². The lowest BCUT2D eigenvalue weighted by Crippen LogP contribution is -2.44. The van der Waals surface area contributed by atoms with Crippen LogP contribution >= 0.6 is 0 Å². The Bertz CT molecular complexity index is 1870. The minimum atomic E-state index is -4.13. The molecule has 0 saturated heterocycles. The van der Waals surface area contributed by atoms with Crippen LogP contribution in [0, 0.1) is 0 Å². The van der Waals surface area contributed by atoms with E-state index in [0.717, 1.165) is 24.8 Å². The molecule has 1 fully saturated rings. The first-order chi connectivity index (χ1) is 22.8. The maximum atomic E-state index is 13.9. The summed E-state index contributed by atoms with van der Waals surface area (Å²) in [5, 5.41) is 9.22. The fourth-order valence-electron chi connectivity index (χ4n) is 5.41. The number of amides is 2. The van der Waals surface area contributed by atoms with E-state index in [1.165, 1.54) is 39.8 Å². The van der Waals surface area contributed by atoms with Gasteiger partial charge in [0.05, 0.1) is 12.2 Å². The molecule has 5 rings (SSSR count). The second kappa shape index (κ2) is 14.0. The zero-order chi connectivity index (χ0) is 34.5. The number of nitrogens with zero attached hydrogens (tertiary/aromatic N) is 4. The Labute approximate surface area is 280 Å². The van der Waals surface area contributed by atoms with Crippen LogP contribution in [0.4, 0.5) is 4.79 Å². The van der Waals surface area contributed by atoms with Crippen molar-refractivity contribution in [2.45, 2.75) is 69.2 Å². The number of imide groups is 1. The SMILES string of the molecule is CC(C)(C)OC(=O)N(CC(=O)O)C(=O)c1cccc(CN(Cc2ccc(C3(Cc4ccccc4)CC3)cc2)S(=O)(=O)c2ccccn2)n1. The van der Waals surface area contributed by atoms with Gasteiger partial charge in [0.15, 0.2) is 5.03 Å². The van der Waals surface area contributed by atoms with Crippen LogP contribution in [-0.4, -0.2) is 62.8 Å². The molecule has 2 aromatic heterocycles. The van der Waals surface area contributed by atoms with Crippen LogP contribution in [0.25, 0.3) is 0 Å². The maximum Gasteiger partial charge on any atom is 0.417 e. The lowest BCUT2D eigenvalue weighted by atomic mass is 9.88. The number of sulfonamides is 1. The van der Waals surface area contributed by atoms with Crippen molar-refractivity contribution in [3.63, 3.8) is 0 Å². The number of carboxylic acids is 1. The Hall–Kier alpha value is -4.94. The highest BCUT2D eigenvalue weighted by Gasteiger charge is 2.44. The molecule has 1 aliphatic carbocycles. The summed E-state index contributed by atoms with van der Waals surface area (Å²) in [7, 11) is -4.13. The number of benzene rings is 2. The van der Waals surface area contributed by atoms with Crippen molar-refractivity contribution in [2.24, 2.45) is 0 Å². The molecule has 0 spiro atoms. The van der Waals surface area contributed by atoms with E-state index in [-0.39, 0.29) is 34.9 Å². The number of carboxylic acid groups (broad SMARTS) is 1. The summed E-state index contributed by atoms with van der Waals surface area (Å²) in [6, 6.07) is 27.3. The van der Waals surface area contributed by atoms with Gasteiger partial charge in [-0.25, -0.2) is 28.1 Å². The van der Waals surface area contributed by atoms with Crippen molar-refractivity contribution >= 4 is 28.0 Å². The molecule has 1 aliphatic rings. The lowest BCUT2D eigenvalue weighted by Gasteiger charge is -2.25. The molecular formula is C36H38N4O7S. The molecule has 0 aliphatic heterocycles. The van der Waals surface area contributed by atoms with E-state index in [1.807, 2.05) is 30.3 Å². The molecule has 0 radical (unpaired) electrons. The second-order valence-electron chi connectivity index (χ2n) is 12.9. The lowest BCUT2D eigenvalue weighted by molar-refractivity contribution is -0.137. The minimum absolute atomic E-state index is 0.00618. The topological polar surface area (TPSA) is 147 Å². The highest BCUT2D eigenvalue weighted by Crippen LogP contribution is 2.50. The number of pyridine rings is 2. The molecule has 0 atom stereocenters. The third kappa shape index (κ3) is 8.50. The summed E-state index contributed by atoms with van der Waals surface area (Å²) in [6.07, 6.45) is 3.36. The average Bonchev–Trinajstić information content (AvgIpc) is 3.83. The van der Waals surface area contributed by atoms with Gasteiger partial charge in [0.1, 0.15) is 17.8 Å². The van der Waals surface area contributed by atoms with Crippen LogP contribution in [0.1, 0.15) is 66.5 Å². The van der Waals surface area contributed by atoms with E-state index < -0.39 is 40.1 Å². The molecule has 4 aromatic rings. The molecular weight excluding hydrogens is 632 g/mol. The Morgan fingerprint density at radius 1 is 0.854 bits per heavy atom. The first kappa shape index (κ1) is 34.4. The first-order valence-corrected chi connectivity index (χ1v) is 17.0. The highest BCUT2D eigenvalue weighted by molar-refractivity contribution is 7.89. The number of hydrogen-bond acceptors (Lipinski definition) is 8. The van der Waals surface area contributed by atoms with Gasteiger partial charge in [0, 0.05) is 12.7 Å². The predicted octanol–water partition coefficient (Wildman–Crippen LogP) is 5.60. The molecule has 0 bridgehead atoms. The maximum absolute atomic E-state index is 13.9. The van der Waals surface area contributed by atoms with Crippen LogP contribution in [0.2, 0.25) is 0 Å². The summed E-state index contributed by atoms with van der Waals surface area (Å²) >= 11 is 0. The predicted molar refractivity (Wildman–Crippen MR) is 177 cm³/mol. The molecule has 0 unspecified atom stereocenters. The third-order valence-electron chi connectivity index (χ3n) is 7.92. The van der Waals surface area contributed by atoms with Crippen molar-refractivity contribution < 1.29 is 32.6 Å². The number of aliphatic carboxylic acids is 1. The third-order valence-corrected chi connectivity index (χ3v) is 9.63. The van der Waals surface area contributed by atoms with Gasteiger partial charge >= 0.3 is 12.1 Å². The summed E-state index contributed by atoms with van der Waals surface area (Å²) < 4.78 is 34.2. The number of rotatable bonds is 12. The monoisotopic (exact) mass is 670 g/mol. The molecule has 2 heterocycles. The van der Waals surface area contributed by atoms with Crippen LogP contribution in [0.15, 0.2) is 102 Å². The standard InChI is InChI=1S/C36H38N4O7S/c1-35(2,3)47-34(44)40(25-32(41)42)33(43)30-13-9-12-29(38-30)24-39(48(45,46)31-14-7-8-21-37-31)23-27-15-17-28(18-16-27)36(19-20-36)22-26-10-5-4-6-11-26/h4-18,21H,19-20,22-25H2,1-3H3,(H,41,42). The van der Waals surface area contributed by atoms with Gasteiger partial charge in [-0.2, -0.15) is 4.31 Å². The van der Waals surface area contributed by atoms with Crippen LogP contribution in [0.3, 0.4) is 0 Å². The van der Waals surface area contributed by atoms with E-state index in [1.54, 1.807) is 39.0 Å². The number of aromatic nitrogens is 2. The van der Waals surface area contributed by atoms with Gasteiger partial charge in [-0.1, -0.05) is 66.7 Å². The van der Waals surface area contributed by atoms with E-state index in [2.05, 4.69) is 34.2 Å². The summed E-state index contributed by atoms with van der Waals surface area (Å²) in [4.78, 5) is 46.5. The van der Waals surface area contributed by atoms with Gasteiger partial charge in [-0.15, -0.1) is 0 Å². The zero-order valence-corrected chi connectivity index (χ0v) is 27.9. The van der Waals surface area contributed by atoms with Crippen LogP contribution in [0.5, 0.6) is 0 Å². The fourth-order valence-corrected chi connectivity index (χ4v) is 6.74. The summed E-state index contributed by atoms with van der Waals surface area (Å²) in [5.74, 6) is -2.41. The number of carbonyl (C=O) groups excluding carboxylic acids is 2. The zero-order valence-electron chi connectivity index (χ0n) is 27.1. The van der Waals surface area contributed by atoms with Crippen molar-refractivity contribution in [1.82, 2.24) is 19.2 Å². The summed E-state index contributed by atoms with van der Waals surface area (Å²) in [5.41, 5.74) is 2.28. The molecule has 250 valence electrons. The molecule has 12 heteroatoms. The number of ether oxygens (including phenoxy) is 1. The quantitative estimate of drug-likeness (QED) is 0.203. The largest absolute Gasteiger partial charge is 0.480 e. The van der Waals surface area contributed by atoms with Gasteiger partial charge < -0.3 is 9.84 Å². The molecule has 1 saturated carbocycles. The Kier molecular flexibility index (Phi) is 10.1. The minimum Gasteiger partial charge on any atom is -0.480 e. The van der Waals surface area contributed by atoms with Gasteiger partial charge in [-0.05, 0) is 86.4 Å². The number of hydrogen-bond donors (Lipinski definition) is 1. The van der Waals surface area contributed by atoms with Crippen molar-refractivity contribution in [3.8, 4) is 0 Å². The Balaban J connectivity index is 1.40. The highest BCUT2D eigenvalue weighted by atomic mass is 32.2. The number of carbonyl (C=O) groups is 3. The van der Waals surface area contributed by atoms with E-state index in [9.17, 15) is 27.9 Å². The fraction of sp³-hybridized carbons (Fsp3) is 0.306. The smallest absolute Gasteiger partial charge is 0.417 e. The van der Waals surface area contributed by atoms with E-state index in [4.69, 9.17) is 4.74 Å². The molecule has 2 aromatic carbocycles. The van der Waals surface area contributed by atoms with Crippen molar-refractivity contribution in [1.29, 1.82) is 0 Å². The second-order valence-corrected chi connectivity index (χ2v) is 14.7. The van der Waals surface area contributed by atoms with E-state index in [0.29, 0.717) is 4.90 Å². The Morgan fingerprint density at radius 2 is 1.54 bits per heavy atom. The van der Waals surface area contributed by atoms with Gasteiger partial charge in [0.25, 0.3) is 15.9 Å². The normalized spacial score (nSPS) is 13.9.